The molecule has 0 aliphatic heterocycles. The number of nitrogens with one attached hydrogen (secondary N) is 1. The Morgan fingerprint density at radius 2 is 1.81 bits per heavy atom. The summed E-state index contributed by atoms with van der Waals surface area (Å²) in [5.74, 6) is -5.11. The number of carbonyl (C=O) groups is 1. The Bertz CT molecular complexity index is 1490. The van der Waals surface area contributed by atoms with Crippen molar-refractivity contribution < 1.29 is 96.0 Å². The van der Waals surface area contributed by atoms with Gasteiger partial charge in [0, 0.05) is 34.1 Å². The molecule has 1 N–H and O–H groups in total. The van der Waals surface area contributed by atoms with Crippen LogP contribution in [-0.2, 0) is 15.8 Å². The maximum atomic E-state index is 14.6. The number of carbonyl (C=O) groups excluding carboxylic acids is 1. The van der Waals surface area contributed by atoms with E-state index < -0.39 is 37.5 Å². The molecule has 0 saturated heterocycles. The monoisotopic (exact) mass is 537 g/mol. The minimum atomic E-state index is -5.43. The van der Waals surface area contributed by atoms with E-state index in [0.29, 0.717) is 16.5 Å². The molecule has 14 heteroatoms. The molecule has 0 atom stereocenters. The standard InChI is InChI=1S/C22H19F3N3O5P.2Na/c1-11(2)26-22(29)13-4-3-5-17-12(13)6-7-18(27-17)15-9-28(10-33-34(30,31)32)21-14(15)8-16(23)19(24)20(21)25;;/h3-9,11H,10H2,1-2H3,(H,26,29)(H2,30,31,32);;/q;2*+1/p-2. The summed E-state index contributed by atoms with van der Waals surface area (Å²) < 4.78 is 58.4. The van der Waals surface area contributed by atoms with Crippen LogP contribution >= 0.6 is 7.82 Å². The van der Waals surface area contributed by atoms with Gasteiger partial charge < -0.3 is 28.8 Å². The van der Waals surface area contributed by atoms with Gasteiger partial charge in [0.15, 0.2) is 17.5 Å². The van der Waals surface area contributed by atoms with Gasteiger partial charge in [-0.2, -0.15) is 0 Å². The third kappa shape index (κ3) is 6.42. The maximum absolute atomic E-state index is 14.6. The molecule has 0 aliphatic carbocycles. The van der Waals surface area contributed by atoms with Crippen molar-refractivity contribution in [3.63, 3.8) is 0 Å². The fourth-order valence-corrected chi connectivity index (χ4v) is 3.91. The maximum Gasteiger partial charge on any atom is 1.00 e. The first kappa shape index (κ1) is 31.0. The average Bonchev–Trinajstić information content (AvgIpc) is 3.12. The van der Waals surface area contributed by atoms with E-state index >= 15 is 0 Å². The predicted molar refractivity (Wildman–Crippen MR) is 114 cm³/mol. The van der Waals surface area contributed by atoms with Crippen molar-refractivity contribution in [3.8, 4) is 11.3 Å². The van der Waals surface area contributed by atoms with E-state index in [1.807, 2.05) is 13.8 Å². The second kappa shape index (κ2) is 12.1. The number of halogens is 3. The van der Waals surface area contributed by atoms with E-state index in [-0.39, 0.29) is 87.7 Å². The molecule has 2 aromatic carbocycles. The second-order valence-corrected chi connectivity index (χ2v) is 8.95. The van der Waals surface area contributed by atoms with E-state index in [0.717, 1.165) is 10.6 Å². The van der Waals surface area contributed by atoms with Crippen LogP contribution in [0, 0.1) is 17.5 Å². The van der Waals surface area contributed by atoms with Crippen molar-refractivity contribution in [2.75, 3.05) is 0 Å². The zero-order valence-corrected chi connectivity index (χ0v) is 24.7. The molecular formula is C22H17F3N3Na2O5P. The largest absolute Gasteiger partial charge is 1.00 e. The van der Waals surface area contributed by atoms with Gasteiger partial charge in [0.2, 0.25) is 0 Å². The molecule has 0 spiro atoms. The number of nitrogens with zero attached hydrogens (tertiary/aromatic N) is 2. The van der Waals surface area contributed by atoms with Crippen LogP contribution in [0.1, 0.15) is 24.2 Å². The molecule has 0 fully saturated rings. The van der Waals surface area contributed by atoms with Crippen molar-refractivity contribution in [3.05, 3.63) is 65.6 Å². The molecule has 0 aliphatic rings. The zero-order valence-electron chi connectivity index (χ0n) is 19.8. The van der Waals surface area contributed by atoms with Crippen molar-refractivity contribution in [1.82, 2.24) is 14.9 Å². The molecule has 36 heavy (non-hydrogen) atoms. The molecule has 0 bridgehead atoms. The SMILES string of the molecule is CC(C)NC(=O)c1cccc2nc(-c3cn(COP(=O)([O-])[O-])c4c(F)c(F)c(F)cc34)ccc12.[Na+].[Na+]. The summed E-state index contributed by atoms with van der Waals surface area (Å²) >= 11 is 0. The minimum Gasteiger partial charge on any atom is -0.790 e. The first-order valence-electron chi connectivity index (χ1n) is 10.00. The van der Waals surface area contributed by atoms with Crippen LogP contribution in [0.2, 0.25) is 0 Å². The molecule has 1 amide bonds. The third-order valence-electron chi connectivity index (χ3n) is 5.03. The Balaban J connectivity index is 0.00000228. The summed E-state index contributed by atoms with van der Waals surface area (Å²) in [6.45, 7) is 2.69. The van der Waals surface area contributed by atoms with Crippen LogP contribution in [0.4, 0.5) is 13.2 Å². The molecule has 4 rings (SSSR count). The van der Waals surface area contributed by atoms with Gasteiger partial charge in [-0.15, -0.1) is 0 Å². The van der Waals surface area contributed by atoms with E-state index in [1.165, 1.54) is 12.3 Å². The van der Waals surface area contributed by atoms with Crippen LogP contribution < -0.4 is 74.2 Å². The van der Waals surface area contributed by atoms with Crippen molar-refractivity contribution in [1.29, 1.82) is 0 Å². The molecule has 8 nitrogen and oxygen atoms in total. The Kier molecular flexibility index (Phi) is 10.4. The Morgan fingerprint density at radius 3 is 2.44 bits per heavy atom. The molecule has 178 valence electrons. The van der Waals surface area contributed by atoms with Crippen LogP contribution in [0.5, 0.6) is 0 Å². The molecule has 2 heterocycles. The first-order chi connectivity index (χ1) is 16.0. The Hall–Kier alpha value is -1.24. The number of phosphoric ester groups is 1. The van der Waals surface area contributed by atoms with Gasteiger partial charge in [0.05, 0.1) is 24.6 Å². The summed E-state index contributed by atoms with van der Waals surface area (Å²) in [5, 5.41) is 3.20. The smallest absolute Gasteiger partial charge is 0.790 e. The summed E-state index contributed by atoms with van der Waals surface area (Å²) in [6, 6.07) is 8.65. The van der Waals surface area contributed by atoms with Gasteiger partial charge in [0.25, 0.3) is 5.91 Å². The number of amides is 1. The Labute approximate surface area is 248 Å². The van der Waals surface area contributed by atoms with Crippen LogP contribution in [0.3, 0.4) is 0 Å². The number of aromatic nitrogens is 2. The Morgan fingerprint density at radius 1 is 1.11 bits per heavy atom. The topological polar surface area (TPSA) is 119 Å². The van der Waals surface area contributed by atoms with E-state index in [4.69, 9.17) is 0 Å². The predicted octanol–water partition coefficient (Wildman–Crippen LogP) is -2.78. The number of hydrogen-bond donors (Lipinski definition) is 1. The number of rotatable bonds is 6. The van der Waals surface area contributed by atoms with Gasteiger partial charge in [-0.1, -0.05) is 6.07 Å². The van der Waals surface area contributed by atoms with Gasteiger partial charge in [-0.3, -0.25) is 4.79 Å². The van der Waals surface area contributed by atoms with Gasteiger partial charge in [-0.05, 0) is 44.2 Å². The van der Waals surface area contributed by atoms with Crippen LogP contribution in [0.25, 0.3) is 33.1 Å². The number of benzene rings is 2. The van der Waals surface area contributed by atoms with Crippen molar-refractivity contribution in [2.45, 2.75) is 26.6 Å². The summed E-state index contributed by atoms with van der Waals surface area (Å²) in [5.41, 5.74) is 0.603. The average molecular weight is 537 g/mol. The molecule has 4 aromatic rings. The molecule has 2 aromatic heterocycles. The van der Waals surface area contributed by atoms with E-state index in [9.17, 15) is 32.3 Å². The second-order valence-electron chi connectivity index (χ2n) is 7.80. The van der Waals surface area contributed by atoms with Gasteiger partial charge in [-0.25, -0.2) is 18.2 Å². The zero-order chi connectivity index (χ0) is 24.8. The number of pyridine rings is 1. The van der Waals surface area contributed by atoms with Crippen LogP contribution in [0.15, 0.2) is 42.6 Å². The van der Waals surface area contributed by atoms with Crippen LogP contribution in [-0.4, -0.2) is 21.5 Å². The number of fused-ring (bicyclic) bond motifs is 2. The van der Waals surface area contributed by atoms with E-state index in [2.05, 4.69) is 14.8 Å². The summed E-state index contributed by atoms with van der Waals surface area (Å²) in [4.78, 5) is 38.8. The van der Waals surface area contributed by atoms with Crippen molar-refractivity contribution in [2.24, 2.45) is 0 Å². The van der Waals surface area contributed by atoms with E-state index in [1.54, 1.807) is 24.3 Å². The molecule has 0 saturated carbocycles. The first-order valence-corrected chi connectivity index (χ1v) is 11.5. The van der Waals surface area contributed by atoms with Gasteiger partial charge in [0.1, 0.15) is 6.73 Å². The quantitative estimate of drug-likeness (QED) is 0.162. The van der Waals surface area contributed by atoms with Crippen molar-refractivity contribution >= 4 is 35.5 Å². The number of hydrogen-bond acceptors (Lipinski definition) is 6. The summed E-state index contributed by atoms with van der Waals surface area (Å²) in [7, 11) is -5.43. The molecule has 0 unspecified atom stereocenters. The fraction of sp³-hybridized carbons (Fsp3) is 0.182. The number of phosphoric acid groups is 1. The fourth-order valence-electron chi connectivity index (χ4n) is 3.64. The molecule has 0 radical (unpaired) electrons. The third-order valence-corrected chi connectivity index (χ3v) is 5.46. The normalized spacial score (nSPS) is 11.4. The minimum absolute atomic E-state index is 0. The summed E-state index contributed by atoms with van der Waals surface area (Å²) in [6.07, 6.45) is 1.17. The molecular weight excluding hydrogens is 520 g/mol. The van der Waals surface area contributed by atoms with Gasteiger partial charge >= 0.3 is 59.1 Å².